The van der Waals surface area contributed by atoms with E-state index in [2.05, 4.69) is 4.98 Å². The van der Waals surface area contributed by atoms with Crippen molar-refractivity contribution in [3.05, 3.63) is 70.2 Å². The minimum Gasteiger partial charge on any atom is -0.510 e. The number of hydrogen-bond acceptors (Lipinski definition) is 5. The lowest BCUT2D eigenvalue weighted by Crippen LogP contribution is -2.25. The van der Waals surface area contributed by atoms with Crippen molar-refractivity contribution in [2.75, 3.05) is 11.4 Å². The van der Waals surface area contributed by atoms with Crippen molar-refractivity contribution in [2.45, 2.75) is 6.92 Å². The Kier molecular flexibility index (Phi) is 3.97. The molecule has 0 saturated heterocycles. The molecule has 0 atom stereocenters. The minimum absolute atomic E-state index is 0.114. The summed E-state index contributed by atoms with van der Waals surface area (Å²) in [5.41, 5.74) is 4.12. The van der Waals surface area contributed by atoms with E-state index >= 15 is 0 Å². The lowest BCUT2D eigenvalue weighted by Gasteiger charge is -2.18. The van der Waals surface area contributed by atoms with Gasteiger partial charge in [0.1, 0.15) is 22.4 Å². The molecule has 3 aromatic rings. The first-order valence-corrected chi connectivity index (χ1v) is 9.01. The fraction of sp³-hybridized carbons (Fsp3) is 0.100. The Morgan fingerprint density at radius 1 is 1.12 bits per heavy atom. The van der Waals surface area contributed by atoms with Gasteiger partial charge in [0.25, 0.3) is 0 Å². The van der Waals surface area contributed by atoms with Gasteiger partial charge >= 0.3 is 0 Å². The molecule has 6 heteroatoms. The van der Waals surface area contributed by atoms with Crippen molar-refractivity contribution >= 4 is 28.4 Å². The third-order valence-corrected chi connectivity index (χ3v) is 5.17. The van der Waals surface area contributed by atoms with Crippen LogP contribution < -0.4 is 4.90 Å². The second-order valence-corrected chi connectivity index (χ2v) is 7.04. The number of aliphatic hydroxyl groups is 1. The maximum Gasteiger partial charge on any atom is 0.139 e. The van der Waals surface area contributed by atoms with Gasteiger partial charge in [-0.05, 0) is 19.1 Å². The summed E-state index contributed by atoms with van der Waals surface area (Å²) in [7, 11) is 0. The maximum atomic E-state index is 10.4. The number of phenols is 1. The van der Waals surface area contributed by atoms with Crippen LogP contribution in [0.25, 0.3) is 16.8 Å². The topological polar surface area (TPSA) is 80.4 Å². The summed E-state index contributed by atoms with van der Waals surface area (Å²) in [5.74, 6) is 0.417. The van der Waals surface area contributed by atoms with Crippen LogP contribution in [0.4, 0.5) is 5.69 Å². The first-order chi connectivity index (χ1) is 12.5. The van der Waals surface area contributed by atoms with Crippen molar-refractivity contribution in [3.63, 3.8) is 0 Å². The summed E-state index contributed by atoms with van der Waals surface area (Å²) in [6.45, 7) is 2.23. The van der Waals surface area contributed by atoms with Gasteiger partial charge in [-0.2, -0.15) is 0 Å². The van der Waals surface area contributed by atoms with E-state index in [1.54, 1.807) is 29.2 Å². The normalized spacial score (nSPS) is 14.3. The van der Waals surface area contributed by atoms with Gasteiger partial charge in [0.15, 0.2) is 0 Å². The average molecular weight is 363 g/mol. The average Bonchev–Trinajstić information content (AvgIpc) is 3.20. The standard InChI is InChI=1S/C20H17N3O2S/c1-12-5-7-13(8-6-12)16-11-26-20(22-16)18-17(25)10-23(19(18)21)14-3-2-4-15(24)9-14/h2-9,11,21,24-25H,10H2,1H3. The molecule has 5 nitrogen and oxygen atoms in total. The number of phenolic OH excluding ortho intramolecular Hbond substituents is 1. The molecular formula is C20H17N3O2S. The van der Waals surface area contributed by atoms with Crippen LogP contribution in [-0.4, -0.2) is 27.6 Å². The van der Waals surface area contributed by atoms with Crippen LogP contribution >= 0.6 is 11.3 Å². The van der Waals surface area contributed by atoms with Crippen molar-refractivity contribution < 1.29 is 10.2 Å². The van der Waals surface area contributed by atoms with Gasteiger partial charge in [-0.3, -0.25) is 5.41 Å². The molecule has 0 fully saturated rings. The number of nitrogens with one attached hydrogen (secondary N) is 1. The molecule has 2 aromatic carbocycles. The highest BCUT2D eigenvalue weighted by molar-refractivity contribution is 7.11. The van der Waals surface area contributed by atoms with Gasteiger partial charge in [0, 0.05) is 22.7 Å². The lowest BCUT2D eigenvalue weighted by atomic mass is 10.1. The highest BCUT2D eigenvalue weighted by atomic mass is 32.1. The first kappa shape index (κ1) is 16.4. The molecule has 1 aliphatic rings. The maximum absolute atomic E-state index is 10.4. The summed E-state index contributed by atoms with van der Waals surface area (Å²) >= 11 is 1.41. The molecule has 0 spiro atoms. The van der Waals surface area contributed by atoms with E-state index in [1.807, 2.05) is 36.6 Å². The number of aromatic nitrogens is 1. The summed E-state index contributed by atoms with van der Waals surface area (Å²) in [6, 6.07) is 14.8. The number of aryl methyl sites for hydroxylation is 1. The Hall–Kier alpha value is -3.12. The number of benzene rings is 2. The molecule has 4 rings (SSSR count). The van der Waals surface area contributed by atoms with Gasteiger partial charge < -0.3 is 15.1 Å². The number of amidine groups is 1. The molecule has 0 amide bonds. The summed E-state index contributed by atoms with van der Waals surface area (Å²) < 4.78 is 0. The number of rotatable bonds is 3. The number of aromatic hydroxyl groups is 1. The third-order valence-electron chi connectivity index (χ3n) is 4.31. The Morgan fingerprint density at radius 2 is 1.88 bits per heavy atom. The number of thiazole rings is 1. The van der Waals surface area contributed by atoms with Crippen LogP contribution in [0.5, 0.6) is 5.75 Å². The highest BCUT2D eigenvalue weighted by Crippen LogP contribution is 2.35. The predicted molar refractivity (Wildman–Crippen MR) is 105 cm³/mol. The largest absolute Gasteiger partial charge is 0.510 e. The van der Waals surface area contributed by atoms with Crippen molar-refractivity contribution in [3.8, 4) is 17.0 Å². The van der Waals surface area contributed by atoms with Crippen molar-refractivity contribution in [2.24, 2.45) is 0 Å². The van der Waals surface area contributed by atoms with Crippen LogP contribution in [0.1, 0.15) is 10.6 Å². The Morgan fingerprint density at radius 3 is 2.62 bits per heavy atom. The monoisotopic (exact) mass is 363 g/mol. The smallest absolute Gasteiger partial charge is 0.139 e. The van der Waals surface area contributed by atoms with E-state index in [4.69, 9.17) is 5.41 Å². The van der Waals surface area contributed by atoms with Gasteiger partial charge in [-0.15, -0.1) is 11.3 Å². The zero-order valence-corrected chi connectivity index (χ0v) is 14.9. The van der Waals surface area contributed by atoms with E-state index in [0.717, 1.165) is 11.3 Å². The van der Waals surface area contributed by atoms with Gasteiger partial charge in [0.2, 0.25) is 0 Å². The van der Waals surface area contributed by atoms with Gasteiger partial charge in [0.05, 0.1) is 17.8 Å². The molecular weight excluding hydrogens is 346 g/mol. The third kappa shape index (κ3) is 2.84. The van der Waals surface area contributed by atoms with E-state index in [-0.39, 0.29) is 23.9 Å². The van der Waals surface area contributed by atoms with Crippen LogP contribution in [0.15, 0.2) is 59.7 Å². The SMILES string of the molecule is Cc1ccc(-c2csc(C3=C(O)CN(c4cccc(O)c4)C3=N)n2)cc1. The van der Waals surface area contributed by atoms with Gasteiger partial charge in [-0.25, -0.2) is 4.98 Å². The highest BCUT2D eigenvalue weighted by Gasteiger charge is 2.31. The minimum atomic E-state index is 0.114. The second kappa shape index (κ2) is 6.31. The molecule has 26 heavy (non-hydrogen) atoms. The Balaban J connectivity index is 1.65. The molecule has 130 valence electrons. The molecule has 0 radical (unpaired) electrons. The number of nitrogens with zero attached hydrogens (tertiary/aromatic N) is 2. The van der Waals surface area contributed by atoms with E-state index < -0.39 is 0 Å². The van der Waals surface area contributed by atoms with Crippen LogP contribution in [0, 0.1) is 12.3 Å². The van der Waals surface area contributed by atoms with E-state index in [9.17, 15) is 10.2 Å². The molecule has 0 aliphatic carbocycles. The first-order valence-electron chi connectivity index (χ1n) is 8.13. The molecule has 2 heterocycles. The molecule has 3 N–H and O–H groups in total. The molecule has 0 saturated carbocycles. The number of hydrogen-bond donors (Lipinski definition) is 3. The lowest BCUT2D eigenvalue weighted by molar-refractivity contribution is 0.411. The van der Waals surface area contributed by atoms with Gasteiger partial charge in [-0.1, -0.05) is 35.9 Å². The number of aliphatic hydroxyl groups excluding tert-OH is 1. The molecule has 1 aromatic heterocycles. The number of anilines is 1. The zero-order chi connectivity index (χ0) is 18.3. The van der Waals surface area contributed by atoms with Crippen LogP contribution in [0.2, 0.25) is 0 Å². The Labute approximate surface area is 155 Å². The van der Waals surface area contributed by atoms with E-state index in [1.165, 1.54) is 16.9 Å². The molecule has 1 aliphatic heterocycles. The quantitative estimate of drug-likeness (QED) is 0.636. The molecule has 0 bridgehead atoms. The molecule has 0 unspecified atom stereocenters. The van der Waals surface area contributed by atoms with E-state index in [0.29, 0.717) is 16.3 Å². The van der Waals surface area contributed by atoms with Crippen LogP contribution in [-0.2, 0) is 0 Å². The van der Waals surface area contributed by atoms with Crippen molar-refractivity contribution in [1.82, 2.24) is 4.98 Å². The zero-order valence-electron chi connectivity index (χ0n) is 14.1. The summed E-state index contributed by atoms with van der Waals surface area (Å²) in [6.07, 6.45) is 0. The predicted octanol–water partition coefficient (Wildman–Crippen LogP) is 4.59. The summed E-state index contributed by atoms with van der Waals surface area (Å²) in [4.78, 5) is 6.27. The second-order valence-electron chi connectivity index (χ2n) is 6.18. The van der Waals surface area contributed by atoms with Crippen molar-refractivity contribution in [1.29, 1.82) is 5.41 Å². The Bertz CT molecular complexity index is 1020. The van der Waals surface area contributed by atoms with Crippen LogP contribution in [0.3, 0.4) is 0 Å². The fourth-order valence-electron chi connectivity index (χ4n) is 2.93. The fourth-order valence-corrected chi connectivity index (χ4v) is 3.83. The summed E-state index contributed by atoms with van der Waals surface area (Å²) in [5, 5.41) is 31.1.